The number of methoxy groups -OCH3 is 1. The number of aromatic nitrogens is 3. The SMILES string of the molecule is C#CNC(=O)C1(c2nc3c(OC)ccc(-c4cccc(C#N)c4)n3n2)CC1. The number of terminal acetylenes is 1. The molecule has 1 N–H and O–H groups in total. The number of rotatable bonds is 4. The van der Waals surface area contributed by atoms with E-state index in [0.29, 0.717) is 35.6 Å². The van der Waals surface area contributed by atoms with Crippen LogP contribution in [0.4, 0.5) is 0 Å². The number of ether oxygens (including phenoxy) is 1. The third kappa shape index (κ3) is 2.57. The number of hydrogen-bond acceptors (Lipinski definition) is 5. The lowest BCUT2D eigenvalue weighted by Crippen LogP contribution is -2.32. The zero-order chi connectivity index (χ0) is 19.0. The number of amides is 1. The molecule has 2 heterocycles. The Labute approximate surface area is 155 Å². The highest BCUT2D eigenvalue weighted by Crippen LogP contribution is 2.47. The molecule has 132 valence electrons. The van der Waals surface area contributed by atoms with Gasteiger partial charge in [-0.3, -0.25) is 10.1 Å². The van der Waals surface area contributed by atoms with Crippen LogP contribution in [0.15, 0.2) is 36.4 Å². The van der Waals surface area contributed by atoms with E-state index in [1.807, 2.05) is 18.2 Å². The fraction of sp³-hybridized carbons (Fsp3) is 0.200. The Morgan fingerprint density at radius 1 is 1.37 bits per heavy atom. The van der Waals surface area contributed by atoms with Gasteiger partial charge in [0, 0.05) is 11.6 Å². The minimum absolute atomic E-state index is 0.270. The highest BCUT2D eigenvalue weighted by molar-refractivity contribution is 5.91. The van der Waals surface area contributed by atoms with Crippen molar-refractivity contribution in [2.45, 2.75) is 18.3 Å². The van der Waals surface area contributed by atoms with Gasteiger partial charge < -0.3 is 4.74 Å². The number of carbonyl (C=O) groups excluding carboxylic acids is 1. The lowest BCUT2D eigenvalue weighted by Gasteiger charge is -2.08. The van der Waals surface area contributed by atoms with Gasteiger partial charge in [0.15, 0.2) is 17.2 Å². The average molecular weight is 357 g/mol. The molecule has 1 fully saturated rings. The molecule has 2 aromatic heterocycles. The Balaban J connectivity index is 1.91. The predicted molar refractivity (Wildman–Crippen MR) is 97.6 cm³/mol. The molecule has 1 aromatic carbocycles. The summed E-state index contributed by atoms with van der Waals surface area (Å²) in [5.41, 5.74) is 1.82. The van der Waals surface area contributed by atoms with E-state index in [2.05, 4.69) is 27.5 Å². The first-order chi connectivity index (χ1) is 13.1. The first-order valence-electron chi connectivity index (χ1n) is 8.34. The van der Waals surface area contributed by atoms with Crippen LogP contribution in [0.25, 0.3) is 16.9 Å². The molecular formula is C20H15N5O2. The summed E-state index contributed by atoms with van der Waals surface area (Å²) in [6.07, 6.45) is 6.48. The van der Waals surface area contributed by atoms with Crippen LogP contribution < -0.4 is 10.1 Å². The van der Waals surface area contributed by atoms with Crippen LogP contribution in [0.3, 0.4) is 0 Å². The quantitative estimate of drug-likeness (QED) is 0.570. The fourth-order valence-corrected chi connectivity index (χ4v) is 3.13. The van der Waals surface area contributed by atoms with Gasteiger partial charge in [0.25, 0.3) is 0 Å². The van der Waals surface area contributed by atoms with Crippen molar-refractivity contribution in [1.82, 2.24) is 19.9 Å². The van der Waals surface area contributed by atoms with Crippen molar-refractivity contribution in [3.05, 3.63) is 47.8 Å². The van der Waals surface area contributed by atoms with Crippen LogP contribution in [0.1, 0.15) is 24.2 Å². The molecular weight excluding hydrogens is 342 g/mol. The minimum Gasteiger partial charge on any atom is -0.493 e. The smallest absolute Gasteiger partial charge is 0.245 e. The molecule has 0 aliphatic heterocycles. The second-order valence-corrected chi connectivity index (χ2v) is 6.33. The molecule has 0 saturated heterocycles. The lowest BCUT2D eigenvalue weighted by atomic mass is 10.1. The van der Waals surface area contributed by atoms with Crippen LogP contribution in [0.2, 0.25) is 0 Å². The summed E-state index contributed by atoms with van der Waals surface area (Å²) >= 11 is 0. The molecule has 0 radical (unpaired) electrons. The van der Waals surface area contributed by atoms with Gasteiger partial charge in [0.2, 0.25) is 5.91 Å². The Kier molecular flexibility index (Phi) is 3.79. The summed E-state index contributed by atoms with van der Waals surface area (Å²) in [7, 11) is 1.55. The number of benzene rings is 1. The van der Waals surface area contributed by atoms with Crippen molar-refractivity contribution in [2.24, 2.45) is 0 Å². The third-order valence-corrected chi connectivity index (χ3v) is 4.75. The van der Waals surface area contributed by atoms with Gasteiger partial charge in [0.1, 0.15) is 5.41 Å². The Bertz CT molecular complexity index is 1150. The van der Waals surface area contributed by atoms with Crippen molar-refractivity contribution in [3.8, 4) is 35.5 Å². The summed E-state index contributed by atoms with van der Waals surface area (Å²) in [5, 5.41) is 16.2. The van der Waals surface area contributed by atoms with E-state index >= 15 is 0 Å². The van der Waals surface area contributed by atoms with Gasteiger partial charge in [0.05, 0.1) is 24.4 Å². The first-order valence-corrected chi connectivity index (χ1v) is 8.34. The Morgan fingerprint density at radius 3 is 2.85 bits per heavy atom. The molecule has 1 aliphatic carbocycles. The summed E-state index contributed by atoms with van der Waals surface area (Å²) in [6, 6.07) is 15.2. The van der Waals surface area contributed by atoms with E-state index in [9.17, 15) is 4.79 Å². The standard InChI is InChI=1S/C20H15N5O2/c1-3-22-19(26)20(9-10-20)18-23-17-16(27-2)8-7-15(25(17)24-18)14-6-4-5-13(11-14)12-21/h1,4-8,11H,9-10H2,2H3,(H,22,26). The second-order valence-electron chi connectivity index (χ2n) is 6.33. The molecule has 0 unspecified atom stereocenters. The van der Waals surface area contributed by atoms with E-state index in [1.165, 1.54) is 0 Å². The maximum Gasteiger partial charge on any atom is 0.245 e. The molecule has 7 heteroatoms. The maximum absolute atomic E-state index is 12.4. The number of carbonyl (C=O) groups is 1. The number of hydrogen-bond donors (Lipinski definition) is 1. The average Bonchev–Trinajstić information content (AvgIpc) is 3.39. The molecule has 3 aromatic rings. The van der Waals surface area contributed by atoms with Crippen molar-refractivity contribution >= 4 is 11.6 Å². The van der Waals surface area contributed by atoms with Gasteiger partial charge in [-0.1, -0.05) is 18.6 Å². The number of nitrogens with zero attached hydrogens (tertiary/aromatic N) is 4. The van der Waals surface area contributed by atoms with Gasteiger partial charge in [-0.15, -0.1) is 5.10 Å². The van der Waals surface area contributed by atoms with Crippen LogP contribution in [0.5, 0.6) is 5.75 Å². The summed E-state index contributed by atoms with van der Waals surface area (Å²) in [4.78, 5) is 17.0. The monoisotopic (exact) mass is 357 g/mol. The molecule has 0 spiro atoms. The fourth-order valence-electron chi connectivity index (χ4n) is 3.13. The molecule has 1 amide bonds. The summed E-state index contributed by atoms with van der Waals surface area (Å²) in [5.74, 6) is 0.687. The highest BCUT2D eigenvalue weighted by atomic mass is 16.5. The zero-order valence-corrected chi connectivity index (χ0v) is 14.6. The normalized spacial score (nSPS) is 14.2. The van der Waals surface area contributed by atoms with Crippen molar-refractivity contribution in [3.63, 3.8) is 0 Å². The second kappa shape index (κ2) is 6.15. The zero-order valence-electron chi connectivity index (χ0n) is 14.6. The van der Waals surface area contributed by atoms with Crippen LogP contribution in [-0.4, -0.2) is 27.6 Å². The Morgan fingerprint density at radius 2 is 2.19 bits per heavy atom. The molecule has 1 saturated carbocycles. The topological polar surface area (TPSA) is 92.3 Å². The van der Waals surface area contributed by atoms with E-state index in [1.54, 1.807) is 29.8 Å². The van der Waals surface area contributed by atoms with Crippen molar-refractivity contribution < 1.29 is 9.53 Å². The largest absolute Gasteiger partial charge is 0.493 e. The highest BCUT2D eigenvalue weighted by Gasteiger charge is 2.55. The minimum atomic E-state index is -0.796. The molecule has 4 rings (SSSR count). The van der Waals surface area contributed by atoms with Crippen molar-refractivity contribution in [2.75, 3.05) is 7.11 Å². The first kappa shape index (κ1) is 16.6. The molecule has 27 heavy (non-hydrogen) atoms. The maximum atomic E-state index is 12.4. The van der Waals surface area contributed by atoms with E-state index in [0.717, 1.165) is 11.3 Å². The van der Waals surface area contributed by atoms with E-state index in [-0.39, 0.29) is 5.91 Å². The summed E-state index contributed by atoms with van der Waals surface area (Å²) in [6.45, 7) is 0. The molecule has 0 atom stereocenters. The van der Waals surface area contributed by atoms with Crippen LogP contribution in [0, 0.1) is 23.8 Å². The molecule has 7 nitrogen and oxygen atoms in total. The Hall–Kier alpha value is -3.84. The van der Waals surface area contributed by atoms with E-state index in [4.69, 9.17) is 16.4 Å². The number of nitriles is 1. The van der Waals surface area contributed by atoms with Crippen LogP contribution >= 0.6 is 0 Å². The molecule has 1 aliphatic rings. The van der Waals surface area contributed by atoms with E-state index < -0.39 is 5.41 Å². The van der Waals surface area contributed by atoms with Gasteiger partial charge in [-0.25, -0.2) is 9.50 Å². The van der Waals surface area contributed by atoms with Gasteiger partial charge in [-0.05, 0) is 37.1 Å². The number of pyridine rings is 1. The predicted octanol–water partition coefficient (Wildman–Crippen LogP) is 2.02. The number of fused-ring (bicyclic) bond motifs is 1. The molecule has 0 bridgehead atoms. The van der Waals surface area contributed by atoms with Gasteiger partial charge >= 0.3 is 0 Å². The van der Waals surface area contributed by atoms with Gasteiger partial charge in [-0.2, -0.15) is 5.26 Å². The summed E-state index contributed by atoms with van der Waals surface area (Å²) < 4.78 is 7.06. The number of nitrogens with one attached hydrogen (secondary N) is 1. The van der Waals surface area contributed by atoms with Crippen molar-refractivity contribution in [1.29, 1.82) is 5.26 Å². The lowest BCUT2D eigenvalue weighted by molar-refractivity contribution is -0.122. The third-order valence-electron chi connectivity index (χ3n) is 4.75. The van der Waals surface area contributed by atoms with Crippen LogP contribution in [-0.2, 0) is 10.2 Å².